The quantitative estimate of drug-likeness (QED) is 0.228. The first-order chi connectivity index (χ1) is 19.5. The average molecular weight is 532 g/mol. The summed E-state index contributed by atoms with van der Waals surface area (Å²) in [6.07, 6.45) is 1.85. The molecule has 0 bridgehead atoms. The van der Waals surface area contributed by atoms with Crippen molar-refractivity contribution in [3.8, 4) is 5.75 Å². The number of amides is 2. The monoisotopic (exact) mass is 531 g/mol. The Bertz CT molecular complexity index is 1560. The minimum absolute atomic E-state index is 0.383. The maximum absolute atomic E-state index is 10.8. The van der Waals surface area contributed by atoms with Gasteiger partial charge < -0.3 is 9.64 Å². The Balaban J connectivity index is 0.000000255. The van der Waals surface area contributed by atoms with Crippen molar-refractivity contribution in [3.63, 3.8) is 0 Å². The van der Waals surface area contributed by atoms with E-state index in [1.165, 1.54) is 27.8 Å². The first-order valence-corrected chi connectivity index (χ1v) is 13.8. The molecule has 5 rings (SSSR count). The zero-order valence-electron chi connectivity index (χ0n) is 23.8. The van der Waals surface area contributed by atoms with Crippen LogP contribution in [-0.4, -0.2) is 38.2 Å². The summed E-state index contributed by atoms with van der Waals surface area (Å²) in [7, 11) is 4.11. The molecule has 0 aliphatic carbocycles. The molecule has 5 nitrogen and oxygen atoms in total. The third kappa shape index (κ3) is 7.39. The van der Waals surface area contributed by atoms with Gasteiger partial charge in [-0.2, -0.15) is 9.98 Å². The van der Waals surface area contributed by atoms with Gasteiger partial charge in [-0.1, -0.05) is 98.8 Å². The molecule has 1 aliphatic rings. The van der Waals surface area contributed by atoms with E-state index in [4.69, 9.17) is 4.74 Å². The maximum Gasteiger partial charge on any atom is 0.368 e. The van der Waals surface area contributed by atoms with E-state index >= 15 is 0 Å². The largest absolute Gasteiger partial charge is 0.492 e. The van der Waals surface area contributed by atoms with Crippen LogP contribution >= 0.6 is 0 Å². The highest BCUT2D eigenvalue weighted by molar-refractivity contribution is 5.98. The van der Waals surface area contributed by atoms with Crippen LogP contribution in [0.3, 0.4) is 0 Å². The van der Waals surface area contributed by atoms with Crippen LogP contribution < -0.4 is 15.5 Å². The second-order valence-electron chi connectivity index (χ2n) is 9.76. The number of likely N-dealkylation sites (N-methyl/N-ethyl adjacent to an activating group) is 1. The van der Waals surface area contributed by atoms with E-state index in [1.54, 1.807) is 0 Å². The highest BCUT2D eigenvalue weighted by Gasteiger charge is 2.13. The summed E-state index contributed by atoms with van der Waals surface area (Å²) in [4.78, 5) is 20.5. The topological polar surface area (TPSA) is 54.3 Å². The number of hydrogen-bond acceptors (Lipinski definition) is 3. The lowest BCUT2D eigenvalue weighted by Crippen LogP contribution is -2.25. The molecular weight excluding hydrogens is 494 g/mol. The van der Waals surface area contributed by atoms with Crippen molar-refractivity contribution in [2.24, 2.45) is 9.98 Å². The zero-order chi connectivity index (χ0) is 28.3. The molecule has 40 heavy (non-hydrogen) atoms. The minimum Gasteiger partial charge on any atom is -0.492 e. The summed E-state index contributed by atoms with van der Waals surface area (Å²) in [5.41, 5.74) is 7.45. The number of carbonyl (C=O) groups excluding carboxylic acids is 1. The summed E-state index contributed by atoms with van der Waals surface area (Å²) in [5.74, 6) is 0.913. The van der Waals surface area contributed by atoms with Gasteiger partial charge in [-0.15, -0.1) is 0 Å². The molecular formula is C35H37N3O2. The van der Waals surface area contributed by atoms with Gasteiger partial charge in [0.05, 0.1) is 10.7 Å². The first-order valence-electron chi connectivity index (χ1n) is 13.8. The fourth-order valence-corrected chi connectivity index (χ4v) is 4.65. The number of ether oxygens (including phenoxy) is 1. The Hall–Kier alpha value is -4.35. The SMILES string of the molecule is CC/C(=C(\c1ccccc1)c1ccc(OCCN(C)C)cc1)c1ccccc1.CCc1cccc2c1=NC(=O)N=2. The van der Waals surface area contributed by atoms with Crippen LogP contribution in [0.5, 0.6) is 5.75 Å². The smallest absolute Gasteiger partial charge is 0.368 e. The molecule has 0 aromatic heterocycles. The van der Waals surface area contributed by atoms with E-state index in [0.717, 1.165) is 36.1 Å². The van der Waals surface area contributed by atoms with Crippen LogP contribution in [0.4, 0.5) is 4.79 Å². The number of allylic oxidation sites excluding steroid dienone is 1. The van der Waals surface area contributed by atoms with Crippen LogP contribution in [0, 0.1) is 0 Å². The fraction of sp³-hybridized carbons (Fsp3) is 0.229. The van der Waals surface area contributed by atoms with Gasteiger partial charge in [0.15, 0.2) is 0 Å². The molecule has 0 saturated carbocycles. The molecule has 0 N–H and O–H groups in total. The Morgan fingerprint density at radius 2 is 1.35 bits per heavy atom. The number of benzene rings is 4. The summed E-state index contributed by atoms with van der Waals surface area (Å²) < 4.78 is 5.87. The Kier molecular flexibility index (Phi) is 10.1. The lowest BCUT2D eigenvalue weighted by molar-refractivity contribution is 0.256. The molecule has 2 amide bonds. The van der Waals surface area contributed by atoms with Crippen molar-refractivity contribution >= 4 is 17.2 Å². The number of rotatable bonds is 9. The minimum atomic E-state index is -0.383. The van der Waals surface area contributed by atoms with Gasteiger partial charge in [-0.3, -0.25) is 0 Å². The molecule has 0 spiro atoms. The molecule has 4 aromatic rings. The van der Waals surface area contributed by atoms with Gasteiger partial charge in [0.1, 0.15) is 12.4 Å². The second kappa shape index (κ2) is 14.2. The third-order valence-electron chi connectivity index (χ3n) is 6.69. The maximum atomic E-state index is 10.8. The van der Waals surface area contributed by atoms with E-state index in [9.17, 15) is 4.79 Å². The number of urea groups is 1. The first kappa shape index (κ1) is 28.7. The van der Waals surface area contributed by atoms with Crippen molar-refractivity contribution in [2.45, 2.75) is 26.7 Å². The van der Waals surface area contributed by atoms with Crippen molar-refractivity contribution < 1.29 is 9.53 Å². The van der Waals surface area contributed by atoms with Crippen molar-refractivity contribution in [1.29, 1.82) is 0 Å². The second-order valence-corrected chi connectivity index (χ2v) is 9.76. The number of carbonyl (C=O) groups is 1. The Morgan fingerprint density at radius 1 is 0.725 bits per heavy atom. The predicted molar refractivity (Wildman–Crippen MR) is 163 cm³/mol. The molecule has 1 aliphatic heterocycles. The van der Waals surface area contributed by atoms with Crippen molar-refractivity contribution in [3.05, 3.63) is 136 Å². The van der Waals surface area contributed by atoms with Crippen LogP contribution in [0.2, 0.25) is 0 Å². The lowest BCUT2D eigenvalue weighted by Gasteiger charge is -2.17. The molecule has 1 heterocycles. The standard InChI is InChI=1S/C26H29NO.C9H8N2O/c1-4-25(21-11-7-5-8-12-21)26(22-13-9-6-10-14-22)23-15-17-24(18-16-23)28-20-19-27(2)3;1-2-6-4-3-5-7-8(6)11-9(12)10-7/h5-18H,4,19-20H2,1-3H3;3-5H,2H2,1H3/b26-25-;. The molecule has 0 atom stereocenters. The summed E-state index contributed by atoms with van der Waals surface area (Å²) in [6.45, 7) is 5.86. The normalized spacial score (nSPS) is 12.5. The molecule has 0 unspecified atom stereocenters. The number of para-hydroxylation sites is 1. The Morgan fingerprint density at radius 3 is 1.95 bits per heavy atom. The van der Waals surface area contributed by atoms with Gasteiger partial charge in [0, 0.05) is 6.54 Å². The highest BCUT2D eigenvalue weighted by atomic mass is 16.5. The van der Waals surface area contributed by atoms with Crippen LogP contribution in [0.25, 0.3) is 11.1 Å². The van der Waals surface area contributed by atoms with E-state index in [0.29, 0.717) is 12.0 Å². The Labute approximate surface area is 237 Å². The predicted octanol–water partition coefficient (Wildman–Crippen LogP) is 6.62. The number of hydrogen-bond donors (Lipinski definition) is 0. The number of fused-ring (bicyclic) bond motifs is 1. The highest BCUT2D eigenvalue weighted by Crippen LogP contribution is 2.34. The third-order valence-corrected chi connectivity index (χ3v) is 6.69. The molecule has 204 valence electrons. The van der Waals surface area contributed by atoms with E-state index in [-0.39, 0.29) is 6.03 Å². The average Bonchev–Trinajstić information content (AvgIpc) is 3.38. The molecule has 0 fully saturated rings. The molecule has 4 aromatic carbocycles. The summed E-state index contributed by atoms with van der Waals surface area (Å²) in [6, 6.07) is 35.1. The molecule has 0 radical (unpaired) electrons. The fourth-order valence-electron chi connectivity index (χ4n) is 4.65. The van der Waals surface area contributed by atoms with Crippen molar-refractivity contribution in [1.82, 2.24) is 4.90 Å². The molecule has 0 saturated heterocycles. The van der Waals surface area contributed by atoms with E-state index in [2.05, 4.69) is 121 Å². The van der Waals surface area contributed by atoms with Gasteiger partial charge >= 0.3 is 6.03 Å². The summed E-state index contributed by atoms with van der Waals surface area (Å²) in [5, 5.41) is 1.46. The molecule has 5 heteroatoms. The van der Waals surface area contributed by atoms with E-state index < -0.39 is 0 Å². The lowest BCUT2D eigenvalue weighted by atomic mass is 9.88. The number of aryl methyl sites for hydroxylation is 1. The van der Waals surface area contributed by atoms with Crippen LogP contribution in [0.1, 0.15) is 42.5 Å². The van der Waals surface area contributed by atoms with Gasteiger partial charge in [-0.05, 0) is 78.5 Å². The zero-order valence-corrected chi connectivity index (χ0v) is 23.8. The van der Waals surface area contributed by atoms with E-state index in [1.807, 2.05) is 25.1 Å². The van der Waals surface area contributed by atoms with Gasteiger partial charge in [-0.25, -0.2) is 4.79 Å². The van der Waals surface area contributed by atoms with Crippen LogP contribution in [-0.2, 0) is 6.42 Å². The number of nitrogens with zero attached hydrogens (tertiary/aromatic N) is 3. The van der Waals surface area contributed by atoms with Gasteiger partial charge in [0.25, 0.3) is 0 Å². The van der Waals surface area contributed by atoms with Crippen molar-refractivity contribution in [2.75, 3.05) is 27.2 Å². The summed E-state index contributed by atoms with van der Waals surface area (Å²) >= 11 is 0. The van der Waals surface area contributed by atoms with Crippen LogP contribution in [0.15, 0.2) is 113 Å². The van der Waals surface area contributed by atoms with Gasteiger partial charge in [0.2, 0.25) is 0 Å².